The van der Waals surface area contributed by atoms with Gasteiger partial charge < -0.3 is 10.2 Å². The predicted octanol–water partition coefficient (Wildman–Crippen LogP) is 5.24. The van der Waals surface area contributed by atoms with Crippen LogP contribution in [-0.4, -0.2) is 50.0 Å². The first kappa shape index (κ1) is 29.3. The molecule has 0 heterocycles. The lowest BCUT2D eigenvalue weighted by Crippen LogP contribution is -2.53. The van der Waals surface area contributed by atoms with E-state index in [9.17, 15) is 18.0 Å². The molecule has 1 saturated carbocycles. The Morgan fingerprint density at radius 3 is 2.38 bits per heavy atom. The number of carbonyl (C=O) groups excluding carboxylic acids is 2. The molecular formula is C27H35Cl2N3O4S. The van der Waals surface area contributed by atoms with E-state index >= 15 is 0 Å². The molecule has 1 aliphatic rings. The molecule has 0 unspecified atom stereocenters. The van der Waals surface area contributed by atoms with Crippen LogP contribution < -0.4 is 9.62 Å². The van der Waals surface area contributed by atoms with Gasteiger partial charge in [0.2, 0.25) is 21.8 Å². The highest BCUT2D eigenvalue weighted by Gasteiger charge is 2.33. The lowest BCUT2D eigenvalue weighted by atomic mass is 10.1. The van der Waals surface area contributed by atoms with Gasteiger partial charge in [-0.15, -0.1) is 0 Å². The summed E-state index contributed by atoms with van der Waals surface area (Å²) in [6.45, 7) is 5.14. The van der Waals surface area contributed by atoms with Crippen LogP contribution in [0.25, 0.3) is 0 Å². The molecule has 1 fully saturated rings. The molecule has 2 aromatic rings. The maximum Gasteiger partial charge on any atom is 0.244 e. The summed E-state index contributed by atoms with van der Waals surface area (Å²) in [5.74, 6) is -0.740. The molecule has 202 valence electrons. The van der Waals surface area contributed by atoms with Crippen molar-refractivity contribution in [3.63, 3.8) is 0 Å². The lowest BCUT2D eigenvalue weighted by molar-refractivity contribution is -0.140. The number of aryl methyl sites for hydroxylation is 1. The van der Waals surface area contributed by atoms with Gasteiger partial charge in [-0.2, -0.15) is 0 Å². The Kier molecular flexibility index (Phi) is 9.89. The molecule has 0 spiro atoms. The summed E-state index contributed by atoms with van der Waals surface area (Å²) >= 11 is 12.5. The van der Waals surface area contributed by atoms with Gasteiger partial charge in [0.25, 0.3) is 0 Å². The van der Waals surface area contributed by atoms with Gasteiger partial charge in [0, 0.05) is 22.6 Å². The number of sulfonamides is 1. The Bertz CT molecular complexity index is 1250. The van der Waals surface area contributed by atoms with Gasteiger partial charge in [-0.25, -0.2) is 8.42 Å². The zero-order chi connectivity index (χ0) is 27.3. The maximum atomic E-state index is 13.9. The Labute approximate surface area is 230 Å². The van der Waals surface area contributed by atoms with E-state index in [0.717, 1.165) is 47.4 Å². The standard InChI is InChI=1S/C27H35Cl2N3O4S/c1-5-24(27(34)30-22-10-6-7-11-22)31(16-20-13-14-21(28)15-23(20)29)26(33)17-32(37(4,35)36)25-12-8-9-18(2)19(25)3/h8-9,12-15,22,24H,5-7,10-11,16-17H2,1-4H3,(H,30,34)/t24-/m1/s1. The third-order valence-electron chi connectivity index (χ3n) is 6.97. The number of anilines is 1. The number of nitrogens with zero attached hydrogens (tertiary/aromatic N) is 2. The zero-order valence-corrected chi connectivity index (χ0v) is 24.1. The Morgan fingerprint density at radius 1 is 1.11 bits per heavy atom. The normalized spacial score (nSPS) is 14.9. The maximum absolute atomic E-state index is 13.9. The van der Waals surface area contributed by atoms with Crippen molar-refractivity contribution in [3.05, 3.63) is 63.1 Å². The number of hydrogen-bond donors (Lipinski definition) is 1. The summed E-state index contributed by atoms with van der Waals surface area (Å²) in [5, 5.41) is 3.91. The molecule has 1 N–H and O–H groups in total. The second-order valence-electron chi connectivity index (χ2n) is 9.66. The Hall–Kier alpha value is -2.29. The highest BCUT2D eigenvalue weighted by molar-refractivity contribution is 7.92. The van der Waals surface area contributed by atoms with Crippen LogP contribution in [0.5, 0.6) is 0 Å². The van der Waals surface area contributed by atoms with Crippen LogP contribution in [0.2, 0.25) is 10.0 Å². The molecule has 0 bridgehead atoms. The second kappa shape index (κ2) is 12.5. The van der Waals surface area contributed by atoms with Crippen LogP contribution in [-0.2, 0) is 26.2 Å². The predicted molar refractivity (Wildman–Crippen MR) is 150 cm³/mol. The first-order chi connectivity index (χ1) is 17.4. The van der Waals surface area contributed by atoms with Gasteiger partial charge >= 0.3 is 0 Å². The minimum Gasteiger partial charge on any atom is -0.352 e. The van der Waals surface area contributed by atoms with Crippen LogP contribution in [0.1, 0.15) is 55.7 Å². The summed E-state index contributed by atoms with van der Waals surface area (Å²) in [7, 11) is -3.80. The van der Waals surface area contributed by atoms with E-state index in [1.165, 1.54) is 4.90 Å². The monoisotopic (exact) mass is 567 g/mol. The molecule has 0 radical (unpaired) electrons. The highest BCUT2D eigenvalue weighted by atomic mass is 35.5. The molecule has 3 rings (SSSR count). The van der Waals surface area contributed by atoms with Crippen LogP contribution in [0.3, 0.4) is 0 Å². The summed E-state index contributed by atoms with van der Waals surface area (Å²) < 4.78 is 26.8. The highest BCUT2D eigenvalue weighted by Crippen LogP contribution is 2.27. The topological polar surface area (TPSA) is 86.8 Å². The van der Waals surface area contributed by atoms with E-state index in [0.29, 0.717) is 27.7 Å². The molecule has 7 nitrogen and oxygen atoms in total. The molecule has 0 aromatic heterocycles. The number of halogens is 2. The summed E-state index contributed by atoms with van der Waals surface area (Å²) in [6.07, 6.45) is 5.37. The first-order valence-electron chi connectivity index (χ1n) is 12.5. The molecule has 37 heavy (non-hydrogen) atoms. The van der Waals surface area contributed by atoms with E-state index in [4.69, 9.17) is 23.2 Å². The average Bonchev–Trinajstić information content (AvgIpc) is 3.33. The van der Waals surface area contributed by atoms with Crippen molar-refractivity contribution in [1.82, 2.24) is 10.2 Å². The fourth-order valence-corrected chi connectivity index (χ4v) is 6.09. The Balaban J connectivity index is 1.98. The van der Waals surface area contributed by atoms with E-state index < -0.39 is 28.5 Å². The van der Waals surface area contributed by atoms with Crippen molar-refractivity contribution >= 4 is 50.7 Å². The number of rotatable bonds is 10. The van der Waals surface area contributed by atoms with Crippen LogP contribution in [0, 0.1) is 13.8 Å². The van der Waals surface area contributed by atoms with Crippen molar-refractivity contribution in [2.45, 2.75) is 71.5 Å². The van der Waals surface area contributed by atoms with Crippen molar-refractivity contribution in [2.24, 2.45) is 0 Å². The molecule has 0 saturated heterocycles. The molecule has 2 amide bonds. The average molecular weight is 569 g/mol. The van der Waals surface area contributed by atoms with Crippen molar-refractivity contribution < 1.29 is 18.0 Å². The molecule has 0 aliphatic heterocycles. The lowest BCUT2D eigenvalue weighted by Gasteiger charge is -2.34. The molecule has 1 aliphatic carbocycles. The first-order valence-corrected chi connectivity index (χ1v) is 15.1. The third kappa shape index (κ3) is 7.39. The van der Waals surface area contributed by atoms with E-state index in [1.54, 1.807) is 30.3 Å². The minimum absolute atomic E-state index is 0.0375. The quantitative estimate of drug-likeness (QED) is 0.425. The zero-order valence-electron chi connectivity index (χ0n) is 21.8. The second-order valence-corrected chi connectivity index (χ2v) is 12.4. The van der Waals surface area contributed by atoms with Gasteiger partial charge in [0.15, 0.2) is 0 Å². The largest absolute Gasteiger partial charge is 0.352 e. The van der Waals surface area contributed by atoms with E-state index in [-0.39, 0.29) is 18.5 Å². The molecule has 2 aromatic carbocycles. The van der Waals surface area contributed by atoms with Gasteiger partial charge in [-0.1, -0.05) is 61.2 Å². The van der Waals surface area contributed by atoms with E-state index in [2.05, 4.69) is 5.32 Å². The third-order valence-corrected chi connectivity index (χ3v) is 8.68. The SMILES string of the molecule is CC[C@H](C(=O)NC1CCCC1)N(Cc1ccc(Cl)cc1Cl)C(=O)CN(c1cccc(C)c1C)S(C)(=O)=O. The van der Waals surface area contributed by atoms with Crippen LogP contribution >= 0.6 is 23.2 Å². The van der Waals surface area contributed by atoms with Gasteiger partial charge in [0.05, 0.1) is 11.9 Å². The summed E-state index contributed by atoms with van der Waals surface area (Å²) in [6, 6.07) is 9.59. The van der Waals surface area contributed by atoms with Crippen molar-refractivity contribution in [2.75, 3.05) is 17.1 Å². The van der Waals surface area contributed by atoms with Gasteiger partial charge in [0.1, 0.15) is 12.6 Å². The number of nitrogens with one attached hydrogen (secondary N) is 1. The fraction of sp³-hybridized carbons (Fsp3) is 0.481. The smallest absolute Gasteiger partial charge is 0.244 e. The summed E-state index contributed by atoms with van der Waals surface area (Å²) in [5.41, 5.74) is 2.72. The fourth-order valence-electron chi connectivity index (χ4n) is 4.72. The molecule has 10 heteroatoms. The number of benzene rings is 2. The molecular weight excluding hydrogens is 533 g/mol. The van der Waals surface area contributed by atoms with Crippen molar-refractivity contribution in [3.8, 4) is 0 Å². The number of carbonyl (C=O) groups is 2. The van der Waals surface area contributed by atoms with Gasteiger partial charge in [-0.05, 0) is 68.0 Å². The minimum atomic E-state index is -3.80. The Morgan fingerprint density at radius 2 is 1.78 bits per heavy atom. The van der Waals surface area contributed by atoms with Crippen LogP contribution in [0.4, 0.5) is 5.69 Å². The number of hydrogen-bond acceptors (Lipinski definition) is 4. The molecule has 1 atom stereocenters. The van der Waals surface area contributed by atoms with E-state index in [1.807, 2.05) is 26.8 Å². The van der Waals surface area contributed by atoms with Crippen molar-refractivity contribution in [1.29, 1.82) is 0 Å². The van der Waals surface area contributed by atoms with Crippen LogP contribution in [0.15, 0.2) is 36.4 Å². The summed E-state index contributed by atoms with van der Waals surface area (Å²) in [4.78, 5) is 28.7. The van der Waals surface area contributed by atoms with Gasteiger partial charge in [-0.3, -0.25) is 13.9 Å². The number of amides is 2.